The topological polar surface area (TPSA) is 63.4 Å². The van der Waals surface area contributed by atoms with E-state index < -0.39 is 0 Å². The Morgan fingerprint density at radius 1 is 1.12 bits per heavy atom. The Morgan fingerprint density at radius 2 is 1.76 bits per heavy atom. The van der Waals surface area contributed by atoms with Crippen molar-refractivity contribution in [2.75, 3.05) is 6.54 Å². The lowest BCUT2D eigenvalue weighted by Gasteiger charge is -2.26. The predicted octanol–water partition coefficient (Wildman–Crippen LogP) is 0.837. The van der Waals surface area contributed by atoms with Crippen molar-refractivity contribution in [1.29, 1.82) is 0 Å². The van der Waals surface area contributed by atoms with Gasteiger partial charge in [-0.15, -0.1) is 0 Å². The van der Waals surface area contributed by atoms with Crippen LogP contribution in [0.5, 0.6) is 0 Å². The second kappa shape index (κ2) is 5.10. The van der Waals surface area contributed by atoms with Gasteiger partial charge in [0.05, 0.1) is 6.42 Å². The van der Waals surface area contributed by atoms with E-state index in [-0.39, 0.29) is 18.1 Å². The number of carbonyl (C=O) groups is 2. The van der Waals surface area contributed by atoms with E-state index in [0.29, 0.717) is 26.1 Å². The van der Waals surface area contributed by atoms with Crippen molar-refractivity contribution < 1.29 is 9.59 Å². The molecule has 1 fully saturated rings. The predicted molar refractivity (Wildman–Crippen MR) is 64.0 cm³/mol. The maximum absolute atomic E-state index is 11.6. The number of carbonyl (C=O) groups excluding carboxylic acids is 2. The van der Waals surface area contributed by atoms with Gasteiger partial charge in [0.2, 0.25) is 5.91 Å². The molecule has 17 heavy (non-hydrogen) atoms. The molecule has 2 N–H and O–H groups in total. The minimum atomic E-state index is -0.0656. The van der Waals surface area contributed by atoms with Crippen LogP contribution in [0.25, 0.3) is 0 Å². The van der Waals surface area contributed by atoms with Crippen LogP contribution in [-0.2, 0) is 22.7 Å². The first kappa shape index (κ1) is 11.8. The number of amides is 1. The number of ketones is 1. The van der Waals surface area contributed by atoms with Crippen LogP contribution in [0.2, 0.25) is 0 Å². The quantitative estimate of drug-likeness (QED) is 0.785. The summed E-state index contributed by atoms with van der Waals surface area (Å²) < 4.78 is 0. The number of benzene rings is 1. The number of piperidine rings is 1. The fraction of sp³-hybridized carbons (Fsp3) is 0.385. The third-order valence-electron chi connectivity index (χ3n) is 2.99. The van der Waals surface area contributed by atoms with E-state index in [2.05, 4.69) is 0 Å². The summed E-state index contributed by atoms with van der Waals surface area (Å²) in [6.45, 7) is 1.64. The maximum atomic E-state index is 11.6. The van der Waals surface area contributed by atoms with Gasteiger partial charge in [-0.3, -0.25) is 9.59 Å². The lowest BCUT2D eigenvalue weighted by atomic mass is 10.1. The smallest absolute Gasteiger partial charge is 0.230 e. The molecule has 1 aliphatic heterocycles. The first-order chi connectivity index (χ1) is 8.19. The second-order valence-electron chi connectivity index (χ2n) is 4.30. The maximum Gasteiger partial charge on any atom is 0.230 e. The minimum absolute atomic E-state index is 0.0460. The average Bonchev–Trinajstić information content (AvgIpc) is 2.34. The highest BCUT2D eigenvalue weighted by Gasteiger charge is 2.23. The monoisotopic (exact) mass is 232 g/mol. The lowest BCUT2D eigenvalue weighted by molar-refractivity contribution is -0.139. The van der Waals surface area contributed by atoms with Crippen LogP contribution in [0.1, 0.15) is 24.0 Å². The summed E-state index contributed by atoms with van der Waals surface area (Å²) in [5.74, 6) is -0.0196. The zero-order valence-electron chi connectivity index (χ0n) is 9.69. The average molecular weight is 232 g/mol. The van der Waals surface area contributed by atoms with Crippen LogP contribution in [0.15, 0.2) is 24.3 Å². The number of likely N-dealkylation sites (tertiary alicyclic amines) is 1. The Bertz CT molecular complexity index is 426. The Hall–Kier alpha value is -1.68. The molecule has 0 radical (unpaired) electrons. The standard InChI is InChI=1S/C13H16N2O2/c14-8-10-1-3-11(4-2-10)9-15-6-5-12(16)7-13(15)17/h1-4H,5-9,14H2. The molecule has 0 unspecified atom stereocenters. The summed E-state index contributed by atoms with van der Waals surface area (Å²) in [5, 5.41) is 0. The van der Waals surface area contributed by atoms with Gasteiger partial charge in [-0.2, -0.15) is 0 Å². The molecule has 1 amide bonds. The molecule has 0 bridgehead atoms. The molecular weight excluding hydrogens is 216 g/mol. The van der Waals surface area contributed by atoms with E-state index in [4.69, 9.17) is 5.73 Å². The molecule has 4 nitrogen and oxygen atoms in total. The number of nitrogens with zero attached hydrogens (tertiary/aromatic N) is 1. The molecule has 1 saturated heterocycles. The lowest BCUT2D eigenvalue weighted by Crippen LogP contribution is -2.38. The normalized spacial score (nSPS) is 16.4. The van der Waals surface area contributed by atoms with Gasteiger partial charge < -0.3 is 10.6 Å². The van der Waals surface area contributed by atoms with Gasteiger partial charge in [0.25, 0.3) is 0 Å². The molecule has 1 aromatic rings. The molecule has 4 heteroatoms. The highest BCUT2D eigenvalue weighted by Crippen LogP contribution is 2.13. The Kier molecular flexibility index (Phi) is 3.54. The third-order valence-corrected chi connectivity index (χ3v) is 2.99. The zero-order valence-corrected chi connectivity index (χ0v) is 9.69. The Balaban J connectivity index is 2.00. The highest BCUT2D eigenvalue weighted by molar-refractivity contribution is 6.00. The van der Waals surface area contributed by atoms with Gasteiger partial charge in [0, 0.05) is 26.1 Å². The van der Waals surface area contributed by atoms with Crippen LogP contribution in [0.4, 0.5) is 0 Å². The van der Waals surface area contributed by atoms with Gasteiger partial charge >= 0.3 is 0 Å². The minimum Gasteiger partial charge on any atom is -0.338 e. The van der Waals surface area contributed by atoms with Gasteiger partial charge in [-0.25, -0.2) is 0 Å². The summed E-state index contributed by atoms with van der Waals surface area (Å²) in [6.07, 6.45) is 0.535. The summed E-state index contributed by atoms with van der Waals surface area (Å²) in [6, 6.07) is 7.89. The van der Waals surface area contributed by atoms with E-state index in [0.717, 1.165) is 11.1 Å². The highest BCUT2D eigenvalue weighted by atomic mass is 16.2. The summed E-state index contributed by atoms with van der Waals surface area (Å²) in [5.41, 5.74) is 7.67. The Morgan fingerprint density at radius 3 is 2.35 bits per heavy atom. The molecule has 1 aromatic carbocycles. The second-order valence-corrected chi connectivity index (χ2v) is 4.30. The number of Topliss-reactive ketones (excluding diaryl/α,β-unsaturated/α-hetero) is 1. The van der Waals surface area contributed by atoms with Crippen molar-refractivity contribution in [3.8, 4) is 0 Å². The summed E-state index contributed by atoms with van der Waals surface area (Å²) >= 11 is 0. The molecule has 0 aromatic heterocycles. The zero-order chi connectivity index (χ0) is 12.3. The molecule has 0 atom stereocenters. The Labute approximate surface area is 100 Å². The van der Waals surface area contributed by atoms with Crippen molar-refractivity contribution in [3.05, 3.63) is 35.4 Å². The van der Waals surface area contributed by atoms with Gasteiger partial charge in [0.15, 0.2) is 0 Å². The molecule has 0 spiro atoms. The molecule has 0 aliphatic carbocycles. The van der Waals surface area contributed by atoms with Crippen molar-refractivity contribution in [3.63, 3.8) is 0 Å². The van der Waals surface area contributed by atoms with Crippen molar-refractivity contribution in [1.82, 2.24) is 4.90 Å². The summed E-state index contributed by atoms with van der Waals surface area (Å²) in [4.78, 5) is 24.4. The number of rotatable bonds is 3. The molecule has 90 valence electrons. The fourth-order valence-corrected chi connectivity index (χ4v) is 1.92. The number of hydrogen-bond acceptors (Lipinski definition) is 3. The molecule has 2 rings (SSSR count). The van der Waals surface area contributed by atoms with E-state index >= 15 is 0 Å². The van der Waals surface area contributed by atoms with E-state index in [1.165, 1.54) is 0 Å². The first-order valence-electron chi connectivity index (χ1n) is 5.76. The van der Waals surface area contributed by atoms with Gasteiger partial charge in [0.1, 0.15) is 5.78 Å². The number of nitrogens with two attached hydrogens (primary N) is 1. The third kappa shape index (κ3) is 2.91. The molecule has 1 aliphatic rings. The van der Waals surface area contributed by atoms with Crippen LogP contribution in [0.3, 0.4) is 0 Å². The van der Waals surface area contributed by atoms with Crippen molar-refractivity contribution in [2.24, 2.45) is 5.73 Å². The van der Waals surface area contributed by atoms with E-state index in [9.17, 15) is 9.59 Å². The largest absolute Gasteiger partial charge is 0.338 e. The SMILES string of the molecule is NCc1ccc(CN2CCC(=O)CC2=O)cc1. The van der Waals surface area contributed by atoms with Crippen LogP contribution in [0, 0.1) is 0 Å². The van der Waals surface area contributed by atoms with Crippen LogP contribution < -0.4 is 5.73 Å². The number of hydrogen-bond donors (Lipinski definition) is 1. The fourth-order valence-electron chi connectivity index (χ4n) is 1.92. The van der Waals surface area contributed by atoms with Gasteiger partial charge in [-0.1, -0.05) is 24.3 Å². The van der Waals surface area contributed by atoms with Crippen LogP contribution >= 0.6 is 0 Å². The van der Waals surface area contributed by atoms with Crippen LogP contribution in [-0.4, -0.2) is 23.1 Å². The van der Waals surface area contributed by atoms with Crippen molar-refractivity contribution in [2.45, 2.75) is 25.9 Å². The first-order valence-corrected chi connectivity index (χ1v) is 5.76. The molecule has 0 saturated carbocycles. The summed E-state index contributed by atoms with van der Waals surface area (Å²) in [7, 11) is 0. The van der Waals surface area contributed by atoms with Gasteiger partial charge in [-0.05, 0) is 11.1 Å². The molecule has 1 heterocycles. The molecular formula is C13H16N2O2. The van der Waals surface area contributed by atoms with E-state index in [1.807, 2.05) is 24.3 Å². The van der Waals surface area contributed by atoms with E-state index in [1.54, 1.807) is 4.90 Å². The van der Waals surface area contributed by atoms with Crippen molar-refractivity contribution >= 4 is 11.7 Å².